The van der Waals surface area contributed by atoms with Crippen molar-refractivity contribution in [1.82, 2.24) is 14.3 Å². The molecule has 0 saturated heterocycles. The average Bonchev–Trinajstić information content (AvgIpc) is 3.45. The zero-order chi connectivity index (χ0) is 34.5. The van der Waals surface area contributed by atoms with Crippen LogP contribution in [0.25, 0.3) is 5.69 Å². The molecule has 4 rings (SSSR count). The Hall–Kier alpha value is -3.51. The number of carboxylic acids is 1. The van der Waals surface area contributed by atoms with E-state index in [2.05, 4.69) is 9.71 Å². The second-order valence-corrected chi connectivity index (χ2v) is 14.2. The third-order valence-electron chi connectivity index (χ3n) is 8.15. The molecule has 0 radical (unpaired) electrons. The van der Waals surface area contributed by atoms with Crippen LogP contribution < -0.4 is 9.46 Å². The number of methoxy groups -OCH3 is 1. The van der Waals surface area contributed by atoms with Gasteiger partial charge in [-0.2, -0.15) is 4.72 Å². The van der Waals surface area contributed by atoms with Gasteiger partial charge in [-0.25, -0.2) is 22.2 Å². The number of hydrogen-bond acceptors (Lipinski definition) is 5. The molecule has 8 nitrogen and oxygen atoms in total. The van der Waals surface area contributed by atoms with Crippen LogP contribution in [-0.4, -0.2) is 42.2 Å². The van der Waals surface area contributed by atoms with E-state index in [4.69, 9.17) is 27.9 Å². The average molecular weight is 709 g/mol. The molecule has 0 unspecified atom stereocenters. The molecule has 4 aromatic rings. The van der Waals surface area contributed by atoms with Crippen LogP contribution in [0.2, 0.25) is 10.0 Å². The summed E-state index contributed by atoms with van der Waals surface area (Å²) in [6, 6.07) is 12.0. The van der Waals surface area contributed by atoms with Crippen molar-refractivity contribution in [3.8, 4) is 11.4 Å². The molecule has 47 heavy (non-hydrogen) atoms. The van der Waals surface area contributed by atoms with Crippen molar-refractivity contribution in [2.24, 2.45) is 0 Å². The maximum atomic E-state index is 15.5. The molecular formula is C34H37Cl2F2N3O5S. The van der Waals surface area contributed by atoms with E-state index in [1.165, 1.54) is 19.2 Å². The number of carbonyl (C=O) groups is 1. The fourth-order valence-electron chi connectivity index (χ4n) is 5.38. The first-order chi connectivity index (χ1) is 22.2. The third kappa shape index (κ3) is 8.32. The summed E-state index contributed by atoms with van der Waals surface area (Å²) >= 11 is 12.7. The first-order valence-corrected chi connectivity index (χ1v) is 17.3. The number of sulfonamides is 1. The number of carboxylic acid groups (broad SMARTS) is 1. The van der Waals surface area contributed by atoms with Crippen LogP contribution in [0.5, 0.6) is 5.75 Å². The Labute approximate surface area is 283 Å². The van der Waals surface area contributed by atoms with Gasteiger partial charge in [-0.1, -0.05) is 69.3 Å². The molecule has 0 amide bonds. The molecule has 0 spiro atoms. The normalized spacial score (nSPS) is 12.7. The molecule has 252 valence electrons. The highest BCUT2D eigenvalue weighted by atomic mass is 35.5. The van der Waals surface area contributed by atoms with Gasteiger partial charge in [-0.3, -0.25) is 9.36 Å². The van der Waals surface area contributed by atoms with E-state index in [-0.39, 0.29) is 29.8 Å². The molecule has 0 saturated carbocycles. The first kappa shape index (κ1) is 36.3. The van der Waals surface area contributed by atoms with E-state index in [0.29, 0.717) is 28.7 Å². The molecule has 0 aliphatic heterocycles. The summed E-state index contributed by atoms with van der Waals surface area (Å²) in [6.07, 6.45) is 4.15. The Morgan fingerprint density at radius 2 is 1.74 bits per heavy atom. The van der Waals surface area contributed by atoms with Gasteiger partial charge in [-0.05, 0) is 66.9 Å². The number of aliphatic carboxylic acids is 1. The number of nitrogens with one attached hydrogen (secondary N) is 1. The number of halogens is 4. The molecule has 0 fully saturated rings. The number of aryl methyl sites for hydroxylation is 1. The predicted octanol–water partition coefficient (Wildman–Crippen LogP) is 7.89. The van der Waals surface area contributed by atoms with Gasteiger partial charge in [0.2, 0.25) is 10.0 Å². The number of benzene rings is 3. The molecule has 1 atom stereocenters. The van der Waals surface area contributed by atoms with Crippen molar-refractivity contribution in [3.63, 3.8) is 0 Å². The smallest absolute Gasteiger partial charge is 0.321 e. The molecule has 1 aromatic heterocycles. The first-order valence-electron chi connectivity index (χ1n) is 15.1. The molecule has 1 heterocycles. The zero-order valence-electron chi connectivity index (χ0n) is 26.5. The highest BCUT2D eigenvalue weighted by Crippen LogP contribution is 2.38. The van der Waals surface area contributed by atoms with E-state index in [1.54, 1.807) is 24.4 Å². The van der Waals surface area contributed by atoms with Crippen LogP contribution in [0.15, 0.2) is 65.7 Å². The van der Waals surface area contributed by atoms with Crippen molar-refractivity contribution in [2.45, 2.75) is 75.6 Å². The van der Waals surface area contributed by atoms with Crippen molar-refractivity contribution < 1.29 is 31.8 Å². The number of hydrogen-bond donors (Lipinski definition) is 2. The van der Waals surface area contributed by atoms with Gasteiger partial charge < -0.3 is 9.84 Å². The molecular weight excluding hydrogens is 671 g/mol. The second kappa shape index (κ2) is 15.1. The summed E-state index contributed by atoms with van der Waals surface area (Å²) in [6.45, 7) is 5.94. The molecule has 0 aliphatic carbocycles. The fourth-order valence-corrected chi connectivity index (χ4v) is 7.20. The number of aromatic nitrogens is 2. The van der Waals surface area contributed by atoms with Gasteiger partial charge in [-0.15, -0.1) is 0 Å². The van der Waals surface area contributed by atoms with E-state index in [0.717, 1.165) is 36.2 Å². The summed E-state index contributed by atoms with van der Waals surface area (Å²) in [5, 5.41) is 9.85. The minimum absolute atomic E-state index is 0.0556. The lowest BCUT2D eigenvalue weighted by Gasteiger charge is -2.28. The zero-order valence-corrected chi connectivity index (χ0v) is 28.8. The minimum atomic E-state index is -4.38. The Morgan fingerprint density at radius 1 is 1.04 bits per heavy atom. The van der Waals surface area contributed by atoms with Gasteiger partial charge in [0.1, 0.15) is 29.3 Å². The molecule has 2 N–H and O–H groups in total. The van der Waals surface area contributed by atoms with E-state index in [1.807, 2.05) is 37.5 Å². The number of ether oxygens (including phenoxy) is 1. The molecule has 0 aliphatic rings. The standard InChI is InChI=1S/C34H37Cl2F2N3O5S/c1-5-6-7-8-29(33(42)43)40-47(44,45)24-18-27(36)25(28(38)19-24)14-16-32-39-20-31(41(32)23-12-10-22(37)11-13-23)34(2,3)21-9-15-26(35)30(17-21)46-4/h9-13,15,17-20,29,40H,5-8,14,16H2,1-4H3,(H,42,43)/t29-/m0/s1. The van der Waals surface area contributed by atoms with Crippen molar-refractivity contribution in [3.05, 3.63) is 105 Å². The highest BCUT2D eigenvalue weighted by Gasteiger charge is 2.31. The van der Waals surface area contributed by atoms with Crippen LogP contribution in [0.1, 0.15) is 69.1 Å². The lowest BCUT2D eigenvalue weighted by atomic mass is 9.81. The highest BCUT2D eigenvalue weighted by molar-refractivity contribution is 7.89. The number of nitrogens with zero attached hydrogens (tertiary/aromatic N) is 2. The van der Waals surface area contributed by atoms with Crippen LogP contribution in [0.4, 0.5) is 8.78 Å². The van der Waals surface area contributed by atoms with Gasteiger partial charge in [0.15, 0.2) is 0 Å². The van der Waals surface area contributed by atoms with Crippen LogP contribution in [0, 0.1) is 11.6 Å². The molecule has 13 heteroatoms. The van der Waals surface area contributed by atoms with Crippen molar-refractivity contribution in [1.29, 1.82) is 0 Å². The quantitative estimate of drug-likeness (QED) is 0.122. The van der Waals surface area contributed by atoms with Crippen LogP contribution in [-0.2, 0) is 33.1 Å². The second-order valence-electron chi connectivity index (χ2n) is 11.7. The minimum Gasteiger partial charge on any atom is -0.495 e. The van der Waals surface area contributed by atoms with Crippen molar-refractivity contribution in [2.75, 3.05) is 7.11 Å². The summed E-state index contributed by atoms with van der Waals surface area (Å²) in [7, 11) is -2.85. The van der Waals surface area contributed by atoms with Gasteiger partial charge >= 0.3 is 5.97 Å². The van der Waals surface area contributed by atoms with Crippen LogP contribution in [0.3, 0.4) is 0 Å². The lowest BCUT2D eigenvalue weighted by molar-refractivity contribution is -0.139. The summed E-state index contributed by atoms with van der Waals surface area (Å²) in [5.41, 5.74) is 1.69. The Bertz CT molecular complexity index is 1820. The number of unbranched alkanes of at least 4 members (excludes halogenated alkanes) is 2. The topological polar surface area (TPSA) is 111 Å². The third-order valence-corrected chi connectivity index (χ3v) is 10.2. The largest absolute Gasteiger partial charge is 0.495 e. The van der Waals surface area contributed by atoms with Gasteiger partial charge in [0.25, 0.3) is 0 Å². The summed E-state index contributed by atoms with van der Waals surface area (Å²) in [5.74, 6) is -1.55. The maximum Gasteiger partial charge on any atom is 0.321 e. The summed E-state index contributed by atoms with van der Waals surface area (Å²) < 4.78 is 64.9. The Morgan fingerprint density at radius 3 is 2.36 bits per heavy atom. The van der Waals surface area contributed by atoms with Crippen molar-refractivity contribution >= 4 is 39.2 Å². The Kier molecular flexibility index (Phi) is 11.7. The van der Waals surface area contributed by atoms with E-state index < -0.39 is 44.0 Å². The summed E-state index contributed by atoms with van der Waals surface area (Å²) in [4.78, 5) is 15.9. The molecule has 3 aromatic carbocycles. The van der Waals surface area contributed by atoms with Crippen LogP contribution >= 0.6 is 23.2 Å². The molecule has 0 bridgehead atoms. The number of imidazole rings is 1. The van der Waals surface area contributed by atoms with Gasteiger partial charge in [0, 0.05) is 34.3 Å². The van der Waals surface area contributed by atoms with E-state index >= 15 is 4.39 Å². The SMILES string of the molecule is CCCCC[C@H](NS(=O)(=O)c1cc(F)c(CCc2ncc(C(C)(C)c3ccc(Cl)c(OC)c3)n2-c2ccc(F)cc2)c(Cl)c1)C(=O)O. The van der Waals surface area contributed by atoms with E-state index in [9.17, 15) is 22.7 Å². The predicted molar refractivity (Wildman–Crippen MR) is 178 cm³/mol. The Balaban J connectivity index is 1.66. The van der Waals surface area contributed by atoms with Gasteiger partial charge in [0.05, 0.1) is 22.7 Å². The fraction of sp³-hybridized carbons (Fsp3) is 0.353. The monoisotopic (exact) mass is 707 g/mol. The maximum absolute atomic E-state index is 15.5. The number of rotatable bonds is 15. The lowest BCUT2D eigenvalue weighted by Crippen LogP contribution is -2.40.